The van der Waals surface area contributed by atoms with Crippen molar-refractivity contribution in [1.29, 1.82) is 5.26 Å². The predicted molar refractivity (Wildman–Crippen MR) is 98.6 cm³/mol. The Hall–Kier alpha value is -3.99. The lowest BCUT2D eigenvalue weighted by Crippen LogP contribution is -2.08. The molecule has 0 radical (unpaired) electrons. The summed E-state index contributed by atoms with van der Waals surface area (Å²) >= 11 is 0. The van der Waals surface area contributed by atoms with Gasteiger partial charge in [-0.25, -0.2) is 4.52 Å². The number of aromatic nitrogens is 5. The van der Waals surface area contributed by atoms with Crippen molar-refractivity contribution in [2.45, 2.75) is 12.8 Å². The molecule has 0 aliphatic heterocycles. The van der Waals surface area contributed by atoms with Crippen LogP contribution in [0.1, 0.15) is 16.8 Å². The van der Waals surface area contributed by atoms with Gasteiger partial charge < -0.3 is 5.73 Å². The molecule has 8 heteroatoms. The fraction of sp³-hybridized carbons (Fsp3) is 0.105. The van der Waals surface area contributed by atoms with E-state index < -0.39 is 0 Å². The maximum absolute atomic E-state index is 12.3. The van der Waals surface area contributed by atoms with Crippen LogP contribution in [0.15, 0.2) is 48.8 Å². The second-order valence-corrected chi connectivity index (χ2v) is 6.15. The number of anilines is 1. The molecule has 0 amide bonds. The standard InChI is InChI=1S/C19H15N7O/c20-10-14-11-22-23-17(14)9-15(27)8-12-3-5-13(6-4-12)16-2-1-7-26-18(16)19(21)24-25-26/h1-7,11H,8-9,21H2,(H,22,23). The third kappa shape index (κ3) is 3.14. The Kier molecular flexibility index (Phi) is 4.10. The molecule has 1 aromatic carbocycles. The molecule has 4 aromatic rings. The van der Waals surface area contributed by atoms with E-state index in [-0.39, 0.29) is 18.6 Å². The first kappa shape index (κ1) is 16.5. The van der Waals surface area contributed by atoms with Gasteiger partial charge in [0.05, 0.1) is 17.5 Å². The quantitative estimate of drug-likeness (QED) is 0.562. The number of rotatable bonds is 5. The van der Waals surface area contributed by atoms with Gasteiger partial charge in [0, 0.05) is 24.6 Å². The Balaban J connectivity index is 1.53. The predicted octanol–water partition coefficient (Wildman–Crippen LogP) is 1.93. The number of carbonyl (C=O) groups is 1. The van der Waals surface area contributed by atoms with Crippen LogP contribution < -0.4 is 5.73 Å². The molecule has 0 bridgehead atoms. The molecule has 3 heterocycles. The summed E-state index contributed by atoms with van der Waals surface area (Å²) in [6.45, 7) is 0. The summed E-state index contributed by atoms with van der Waals surface area (Å²) in [5, 5.41) is 23.4. The van der Waals surface area contributed by atoms with Crippen LogP contribution in [0.5, 0.6) is 0 Å². The van der Waals surface area contributed by atoms with Gasteiger partial charge >= 0.3 is 0 Å². The molecular weight excluding hydrogens is 342 g/mol. The maximum Gasteiger partial charge on any atom is 0.174 e. The van der Waals surface area contributed by atoms with Gasteiger partial charge in [-0.15, -0.1) is 5.10 Å². The van der Waals surface area contributed by atoms with Gasteiger partial charge in [-0.2, -0.15) is 10.4 Å². The monoisotopic (exact) mass is 357 g/mol. The van der Waals surface area contributed by atoms with Crippen molar-refractivity contribution in [3.8, 4) is 17.2 Å². The molecule has 8 nitrogen and oxygen atoms in total. The van der Waals surface area contributed by atoms with Gasteiger partial charge in [0.25, 0.3) is 0 Å². The summed E-state index contributed by atoms with van der Waals surface area (Å²) < 4.78 is 1.64. The van der Waals surface area contributed by atoms with E-state index >= 15 is 0 Å². The zero-order chi connectivity index (χ0) is 18.8. The van der Waals surface area contributed by atoms with E-state index in [4.69, 9.17) is 11.0 Å². The molecule has 0 aliphatic rings. The highest BCUT2D eigenvalue weighted by Crippen LogP contribution is 2.27. The first-order chi connectivity index (χ1) is 13.2. The average Bonchev–Trinajstić information content (AvgIpc) is 3.28. The van der Waals surface area contributed by atoms with Crippen molar-refractivity contribution in [2.75, 3.05) is 5.73 Å². The van der Waals surface area contributed by atoms with Crippen molar-refractivity contribution in [2.24, 2.45) is 0 Å². The number of ketones is 1. The van der Waals surface area contributed by atoms with E-state index in [0.29, 0.717) is 17.1 Å². The van der Waals surface area contributed by atoms with Gasteiger partial charge in [0.1, 0.15) is 17.4 Å². The van der Waals surface area contributed by atoms with Gasteiger partial charge in [0.2, 0.25) is 0 Å². The summed E-state index contributed by atoms with van der Waals surface area (Å²) in [5.74, 6) is 0.382. The second-order valence-electron chi connectivity index (χ2n) is 6.15. The third-order valence-corrected chi connectivity index (χ3v) is 4.34. The topological polar surface area (TPSA) is 126 Å². The fourth-order valence-corrected chi connectivity index (χ4v) is 3.04. The van der Waals surface area contributed by atoms with Crippen LogP contribution in [-0.4, -0.2) is 30.8 Å². The Morgan fingerprint density at radius 1 is 1.22 bits per heavy atom. The van der Waals surface area contributed by atoms with Crippen molar-refractivity contribution in [1.82, 2.24) is 25.0 Å². The molecule has 0 aliphatic carbocycles. The van der Waals surface area contributed by atoms with E-state index in [1.54, 1.807) is 10.7 Å². The van der Waals surface area contributed by atoms with E-state index in [2.05, 4.69) is 20.5 Å². The van der Waals surface area contributed by atoms with Gasteiger partial charge in [0.15, 0.2) is 5.82 Å². The minimum atomic E-state index is 0.00911. The van der Waals surface area contributed by atoms with Crippen LogP contribution >= 0.6 is 0 Å². The zero-order valence-corrected chi connectivity index (χ0v) is 14.3. The SMILES string of the molecule is N#Cc1cn[nH]c1CC(=O)Cc1ccc(-c2cccn3nnc(N)c23)cc1. The molecule has 3 aromatic heterocycles. The van der Waals surface area contributed by atoms with Gasteiger partial charge in [-0.05, 0) is 17.2 Å². The Morgan fingerprint density at radius 2 is 2.04 bits per heavy atom. The Bertz CT molecular complexity index is 1160. The summed E-state index contributed by atoms with van der Waals surface area (Å²) in [5.41, 5.74) is 10.4. The molecular formula is C19H15N7O. The normalized spacial score (nSPS) is 10.8. The number of benzene rings is 1. The first-order valence-corrected chi connectivity index (χ1v) is 8.28. The number of aromatic amines is 1. The molecule has 3 N–H and O–H groups in total. The summed E-state index contributed by atoms with van der Waals surface area (Å²) in [6.07, 6.45) is 3.65. The Morgan fingerprint density at radius 3 is 2.81 bits per heavy atom. The molecule has 27 heavy (non-hydrogen) atoms. The first-order valence-electron chi connectivity index (χ1n) is 8.28. The Labute approximate surface area is 154 Å². The number of pyridine rings is 1. The molecule has 0 fully saturated rings. The third-order valence-electron chi connectivity index (χ3n) is 4.34. The number of fused-ring (bicyclic) bond motifs is 1. The number of hydrogen-bond acceptors (Lipinski definition) is 6. The van der Waals surface area contributed by atoms with Crippen LogP contribution in [0.25, 0.3) is 16.6 Å². The van der Waals surface area contributed by atoms with Crippen LogP contribution in [0.2, 0.25) is 0 Å². The molecule has 4 rings (SSSR count). The highest BCUT2D eigenvalue weighted by molar-refractivity contribution is 5.87. The van der Waals surface area contributed by atoms with E-state index in [0.717, 1.165) is 22.2 Å². The molecule has 132 valence electrons. The number of nitrogens with one attached hydrogen (secondary N) is 1. The number of nitriles is 1. The minimum absolute atomic E-state index is 0.00911. The molecule has 0 spiro atoms. The lowest BCUT2D eigenvalue weighted by atomic mass is 10.00. The highest BCUT2D eigenvalue weighted by atomic mass is 16.1. The number of hydrogen-bond donors (Lipinski definition) is 2. The number of nitrogens with two attached hydrogens (primary N) is 1. The van der Waals surface area contributed by atoms with Crippen LogP contribution in [-0.2, 0) is 17.6 Å². The van der Waals surface area contributed by atoms with Crippen LogP contribution in [0.4, 0.5) is 5.82 Å². The minimum Gasteiger partial charge on any atom is -0.380 e. The second kappa shape index (κ2) is 6.72. The fourth-order valence-electron chi connectivity index (χ4n) is 3.04. The number of nitrogen functional groups attached to an aromatic ring is 1. The van der Waals surface area contributed by atoms with E-state index in [1.807, 2.05) is 42.5 Å². The van der Waals surface area contributed by atoms with E-state index in [9.17, 15) is 4.79 Å². The molecule has 0 saturated heterocycles. The molecule has 0 atom stereocenters. The number of H-pyrrole nitrogens is 1. The molecule has 0 saturated carbocycles. The molecule has 0 unspecified atom stereocenters. The summed E-state index contributed by atoms with van der Waals surface area (Å²) in [7, 11) is 0. The highest BCUT2D eigenvalue weighted by Gasteiger charge is 2.12. The number of carbonyl (C=O) groups excluding carboxylic acids is 1. The lowest BCUT2D eigenvalue weighted by molar-refractivity contribution is -0.117. The van der Waals surface area contributed by atoms with Crippen LogP contribution in [0, 0.1) is 11.3 Å². The average molecular weight is 357 g/mol. The van der Waals surface area contributed by atoms with Gasteiger partial charge in [-0.1, -0.05) is 35.5 Å². The smallest absolute Gasteiger partial charge is 0.174 e. The van der Waals surface area contributed by atoms with Crippen molar-refractivity contribution >= 4 is 17.1 Å². The van der Waals surface area contributed by atoms with Crippen molar-refractivity contribution in [3.05, 3.63) is 65.6 Å². The van der Waals surface area contributed by atoms with E-state index in [1.165, 1.54) is 6.20 Å². The largest absolute Gasteiger partial charge is 0.380 e. The summed E-state index contributed by atoms with van der Waals surface area (Å²) in [4.78, 5) is 12.3. The zero-order valence-electron chi connectivity index (χ0n) is 14.3. The summed E-state index contributed by atoms with van der Waals surface area (Å²) in [6, 6.07) is 13.6. The van der Waals surface area contributed by atoms with Crippen molar-refractivity contribution < 1.29 is 4.79 Å². The maximum atomic E-state index is 12.3. The number of nitrogens with zero attached hydrogens (tertiary/aromatic N) is 5. The number of Topliss-reactive ketones (excluding diaryl/α,β-unsaturated/α-hetero) is 1. The lowest BCUT2D eigenvalue weighted by Gasteiger charge is -2.06. The van der Waals surface area contributed by atoms with Crippen molar-refractivity contribution in [3.63, 3.8) is 0 Å². The van der Waals surface area contributed by atoms with Crippen LogP contribution in [0.3, 0.4) is 0 Å². The van der Waals surface area contributed by atoms with Gasteiger partial charge in [-0.3, -0.25) is 9.89 Å².